The second kappa shape index (κ2) is 11.0. The fourth-order valence-electron chi connectivity index (χ4n) is 4.36. The highest BCUT2D eigenvalue weighted by Gasteiger charge is 2.34. The van der Waals surface area contributed by atoms with E-state index in [0.29, 0.717) is 40.7 Å². The van der Waals surface area contributed by atoms with Crippen molar-refractivity contribution in [2.45, 2.75) is 38.8 Å². The average Bonchev–Trinajstić information content (AvgIpc) is 3.21. The quantitative estimate of drug-likeness (QED) is 0.437. The first-order valence-corrected chi connectivity index (χ1v) is 12.5. The van der Waals surface area contributed by atoms with Gasteiger partial charge in [-0.3, -0.25) is 9.59 Å². The first-order valence-electron chi connectivity index (χ1n) is 11.7. The summed E-state index contributed by atoms with van der Waals surface area (Å²) in [5, 5.41) is 14.2. The topological polar surface area (TPSA) is 114 Å². The fraction of sp³-hybridized carbons (Fsp3) is 0.385. The maximum atomic E-state index is 13.3. The molecule has 4 rings (SSSR count). The predicted molar refractivity (Wildman–Crippen MR) is 138 cm³/mol. The number of nitrogens with zero attached hydrogens (tertiary/aromatic N) is 3. The molecule has 0 spiro atoms. The van der Waals surface area contributed by atoms with Gasteiger partial charge in [-0.1, -0.05) is 17.4 Å². The van der Waals surface area contributed by atoms with Gasteiger partial charge in [0, 0.05) is 38.3 Å². The zero-order chi connectivity index (χ0) is 25.8. The highest BCUT2D eigenvalue weighted by Crippen LogP contribution is 2.37. The van der Waals surface area contributed by atoms with Crippen molar-refractivity contribution in [1.82, 2.24) is 9.97 Å². The number of anilines is 2. The number of nitrogens with one attached hydrogen (secondary N) is 1. The third kappa shape index (κ3) is 5.50. The molecule has 1 amide bonds. The van der Waals surface area contributed by atoms with Gasteiger partial charge in [0.1, 0.15) is 17.3 Å². The molecule has 2 aromatic heterocycles. The Hall–Kier alpha value is -3.50. The van der Waals surface area contributed by atoms with Gasteiger partial charge in [-0.05, 0) is 43.0 Å². The largest absolute Gasteiger partial charge is 0.497 e. The summed E-state index contributed by atoms with van der Waals surface area (Å²) in [5.74, 6) is 1.21. The summed E-state index contributed by atoms with van der Waals surface area (Å²) in [5.41, 5.74) is 2.25. The first-order chi connectivity index (χ1) is 17.3. The molecule has 2 N–H and O–H groups in total. The van der Waals surface area contributed by atoms with Crippen molar-refractivity contribution >= 4 is 34.0 Å². The van der Waals surface area contributed by atoms with E-state index in [-0.39, 0.29) is 11.7 Å². The molecule has 0 saturated carbocycles. The average molecular weight is 511 g/mol. The number of methoxy groups -OCH3 is 2. The molecule has 9 nitrogen and oxygen atoms in total. The molecule has 2 unspecified atom stereocenters. The lowest BCUT2D eigenvalue weighted by Crippen LogP contribution is -2.22. The Morgan fingerprint density at radius 3 is 2.75 bits per heavy atom. The standard InChI is InChI=1S/C26H30N4O5S/c1-15(31)28-26-29-20-7-5-6-19(24(33)25(20)36-26)23(32)16-9-11-22(27-13-16)30(2)14-17-8-10-18(34-3)12-21(17)35-4/h8-13,19,23,32H,5-7,14H2,1-4H3,(H,28,29,31). The zero-order valence-corrected chi connectivity index (χ0v) is 21.6. The molecule has 2 heterocycles. The third-order valence-corrected chi connectivity index (χ3v) is 7.28. The Morgan fingerprint density at radius 1 is 1.28 bits per heavy atom. The number of aliphatic hydroxyl groups excluding tert-OH is 1. The minimum atomic E-state index is -0.983. The van der Waals surface area contributed by atoms with Crippen molar-refractivity contribution in [3.8, 4) is 11.5 Å². The number of benzene rings is 1. The first kappa shape index (κ1) is 25.6. The minimum absolute atomic E-state index is 0.142. The van der Waals surface area contributed by atoms with E-state index in [4.69, 9.17) is 9.47 Å². The van der Waals surface area contributed by atoms with Crippen molar-refractivity contribution < 1.29 is 24.2 Å². The van der Waals surface area contributed by atoms with Gasteiger partial charge in [0.15, 0.2) is 10.9 Å². The molecular formula is C26H30N4O5S. The van der Waals surface area contributed by atoms with E-state index in [1.807, 2.05) is 42.3 Å². The Morgan fingerprint density at radius 2 is 2.08 bits per heavy atom. The Labute approximate surface area is 214 Å². The SMILES string of the molecule is COc1ccc(CN(C)c2ccc(C(O)C3CCCc4nc(NC(C)=O)sc4C3=O)cn2)c(OC)c1. The van der Waals surface area contributed by atoms with Crippen LogP contribution in [0.3, 0.4) is 0 Å². The number of rotatable bonds is 8. The highest BCUT2D eigenvalue weighted by molar-refractivity contribution is 7.17. The van der Waals surface area contributed by atoms with E-state index < -0.39 is 12.0 Å². The monoisotopic (exact) mass is 510 g/mol. The molecule has 1 aromatic carbocycles. The van der Waals surface area contributed by atoms with Gasteiger partial charge in [0.05, 0.1) is 36.8 Å². The molecule has 0 radical (unpaired) electrons. The number of fused-ring (bicyclic) bond motifs is 1. The number of hydrogen-bond donors (Lipinski definition) is 2. The summed E-state index contributed by atoms with van der Waals surface area (Å²) in [6.45, 7) is 1.97. The number of hydrogen-bond acceptors (Lipinski definition) is 9. The van der Waals surface area contributed by atoms with Crippen LogP contribution in [-0.4, -0.2) is 48.0 Å². The van der Waals surface area contributed by atoms with Crippen molar-refractivity contribution in [2.24, 2.45) is 5.92 Å². The van der Waals surface area contributed by atoms with Gasteiger partial charge in [-0.2, -0.15) is 0 Å². The molecule has 190 valence electrons. The molecule has 1 aliphatic rings. The van der Waals surface area contributed by atoms with E-state index in [0.717, 1.165) is 29.3 Å². The summed E-state index contributed by atoms with van der Waals surface area (Å²) in [4.78, 5) is 36.1. The summed E-state index contributed by atoms with van der Waals surface area (Å²) < 4.78 is 10.8. The van der Waals surface area contributed by atoms with Crippen LogP contribution in [-0.2, 0) is 17.8 Å². The highest BCUT2D eigenvalue weighted by atomic mass is 32.1. The second-order valence-electron chi connectivity index (χ2n) is 8.77. The van der Waals surface area contributed by atoms with Gasteiger partial charge in [-0.15, -0.1) is 0 Å². The van der Waals surface area contributed by atoms with E-state index in [1.54, 1.807) is 20.4 Å². The zero-order valence-electron chi connectivity index (χ0n) is 20.8. The Kier molecular flexibility index (Phi) is 7.85. The normalized spacial score (nSPS) is 16.0. The summed E-state index contributed by atoms with van der Waals surface area (Å²) in [7, 11) is 5.16. The number of aryl methyl sites for hydroxylation is 1. The van der Waals surface area contributed by atoms with E-state index >= 15 is 0 Å². The molecule has 36 heavy (non-hydrogen) atoms. The van der Waals surface area contributed by atoms with Crippen LogP contribution in [0.15, 0.2) is 36.5 Å². The van der Waals surface area contributed by atoms with Crippen LogP contribution in [0, 0.1) is 5.92 Å². The number of carbonyl (C=O) groups excluding carboxylic acids is 2. The smallest absolute Gasteiger partial charge is 0.223 e. The van der Waals surface area contributed by atoms with Gasteiger partial charge >= 0.3 is 0 Å². The lowest BCUT2D eigenvalue weighted by atomic mass is 9.89. The molecule has 0 fully saturated rings. The summed E-state index contributed by atoms with van der Waals surface area (Å²) in [6, 6.07) is 9.32. The number of ether oxygens (including phenoxy) is 2. The number of thiazole rings is 1. The van der Waals surface area contributed by atoms with Crippen LogP contribution in [0.25, 0.3) is 0 Å². The number of aliphatic hydroxyl groups is 1. The van der Waals surface area contributed by atoms with E-state index in [1.165, 1.54) is 18.3 Å². The van der Waals surface area contributed by atoms with Crippen LogP contribution in [0.2, 0.25) is 0 Å². The summed E-state index contributed by atoms with van der Waals surface area (Å²) in [6.07, 6.45) is 2.55. The molecule has 0 bridgehead atoms. The molecule has 0 saturated heterocycles. The van der Waals surface area contributed by atoms with Crippen molar-refractivity contribution in [1.29, 1.82) is 0 Å². The van der Waals surface area contributed by atoms with Crippen LogP contribution in [0.4, 0.5) is 10.9 Å². The molecular weight excluding hydrogens is 480 g/mol. The number of aromatic nitrogens is 2. The van der Waals surface area contributed by atoms with Gasteiger partial charge < -0.3 is 24.8 Å². The minimum Gasteiger partial charge on any atom is -0.497 e. The number of Topliss-reactive ketones (excluding diaryl/α,β-unsaturated/α-hetero) is 1. The maximum absolute atomic E-state index is 13.3. The molecule has 1 aliphatic carbocycles. The van der Waals surface area contributed by atoms with Gasteiger partial charge in [0.2, 0.25) is 5.91 Å². The third-order valence-electron chi connectivity index (χ3n) is 6.26. The van der Waals surface area contributed by atoms with Crippen LogP contribution in [0.1, 0.15) is 52.4 Å². The van der Waals surface area contributed by atoms with Crippen molar-refractivity contribution in [2.75, 3.05) is 31.5 Å². The molecule has 2 atom stereocenters. The number of pyridine rings is 1. The lowest BCUT2D eigenvalue weighted by molar-refractivity contribution is -0.114. The molecule has 0 aliphatic heterocycles. The van der Waals surface area contributed by atoms with Crippen molar-refractivity contribution in [3.05, 3.63) is 58.2 Å². The van der Waals surface area contributed by atoms with E-state index in [9.17, 15) is 14.7 Å². The van der Waals surface area contributed by atoms with Crippen LogP contribution < -0.4 is 19.7 Å². The molecule has 10 heteroatoms. The summed E-state index contributed by atoms with van der Waals surface area (Å²) >= 11 is 1.17. The van der Waals surface area contributed by atoms with Crippen LogP contribution >= 0.6 is 11.3 Å². The number of carbonyl (C=O) groups is 2. The van der Waals surface area contributed by atoms with Gasteiger partial charge in [-0.25, -0.2) is 9.97 Å². The second-order valence-corrected chi connectivity index (χ2v) is 9.77. The van der Waals surface area contributed by atoms with Gasteiger partial charge in [0.25, 0.3) is 0 Å². The lowest BCUT2D eigenvalue weighted by Gasteiger charge is -2.22. The number of ketones is 1. The Bertz CT molecular complexity index is 1240. The predicted octanol–water partition coefficient (Wildman–Crippen LogP) is 4.02. The maximum Gasteiger partial charge on any atom is 0.223 e. The number of amides is 1. The Balaban J connectivity index is 1.47. The van der Waals surface area contributed by atoms with Crippen LogP contribution in [0.5, 0.6) is 11.5 Å². The fourth-order valence-corrected chi connectivity index (χ4v) is 5.42. The molecule has 3 aromatic rings. The van der Waals surface area contributed by atoms with Crippen molar-refractivity contribution in [3.63, 3.8) is 0 Å². The van der Waals surface area contributed by atoms with E-state index in [2.05, 4.69) is 15.3 Å².